The molecule has 1 amide bonds. The number of aromatic nitrogens is 2. The Morgan fingerprint density at radius 2 is 2.32 bits per heavy atom. The third kappa shape index (κ3) is 2.06. The van der Waals surface area contributed by atoms with Crippen LogP contribution in [0.5, 0.6) is 0 Å². The minimum atomic E-state index is -0.120. The highest BCUT2D eigenvalue weighted by atomic mass is 16.2. The molecule has 2 heterocycles. The summed E-state index contributed by atoms with van der Waals surface area (Å²) in [6, 6.07) is -0.120. The fraction of sp³-hybridized carbons (Fsp3) is 0.714. The summed E-state index contributed by atoms with van der Waals surface area (Å²) in [5, 5.41) is 6.44. The highest BCUT2D eigenvalue weighted by Gasteiger charge is 2.53. The van der Waals surface area contributed by atoms with Crippen molar-refractivity contribution < 1.29 is 4.79 Å². The van der Waals surface area contributed by atoms with Crippen LogP contribution in [0.3, 0.4) is 0 Å². The molecule has 1 atom stereocenters. The lowest BCUT2D eigenvalue weighted by Gasteiger charge is -2.23. The predicted octanol–water partition coefficient (Wildman–Crippen LogP) is 0.730. The Morgan fingerprint density at radius 3 is 3.05 bits per heavy atom. The van der Waals surface area contributed by atoms with Crippen molar-refractivity contribution in [2.45, 2.75) is 44.7 Å². The molecule has 5 heteroatoms. The molecule has 1 aromatic rings. The molecule has 3 N–H and O–H groups in total. The fourth-order valence-corrected chi connectivity index (χ4v) is 3.33. The molecule has 4 rings (SSSR count). The van der Waals surface area contributed by atoms with E-state index in [9.17, 15) is 4.79 Å². The second-order valence-electron chi connectivity index (χ2n) is 6.32. The van der Waals surface area contributed by atoms with Crippen LogP contribution in [0.25, 0.3) is 0 Å². The predicted molar refractivity (Wildman–Crippen MR) is 70.3 cm³/mol. The summed E-state index contributed by atoms with van der Waals surface area (Å²) in [7, 11) is 0. The zero-order chi connectivity index (χ0) is 12.9. The molecule has 0 aromatic carbocycles. The number of fused-ring (bicyclic) bond motifs is 1. The van der Waals surface area contributed by atoms with Crippen LogP contribution in [0.1, 0.15) is 37.1 Å². The number of carbonyl (C=O) groups is 1. The van der Waals surface area contributed by atoms with Gasteiger partial charge in [0.15, 0.2) is 0 Å². The second-order valence-corrected chi connectivity index (χ2v) is 6.32. The summed E-state index contributed by atoms with van der Waals surface area (Å²) < 4.78 is 0. The number of H-pyrrole nitrogens is 1. The van der Waals surface area contributed by atoms with E-state index in [0.717, 1.165) is 23.9 Å². The third-order valence-electron chi connectivity index (χ3n) is 5.00. The average Bonchev–Trinajstić information content (AvgIpc) is 3.32. The van der Waals surface area contributed by atoms with Gasteiger partial charge in [-0.1, -0.05) is 0 Å². The summed E-state index contributed by atoms with van der Waals surface area (Å²) in [6.07, 6.45) is 7.75. The van der Waals surface area contributed by atoms with E-state index in [1.54, 1.807) is 6.33 Å². The van der Waals surface area contributed by atoms with Crippen molar-refractivity contribution >= 4 is 5.91 Å². The Balaban J connectivity index is 1.34. The standard InChI is InChI=1S/C14H20N4O/c19-13(16-7-14(3-4-14)9-1-2-9)11-5-10-12(6-15-11)18-8-17-10/h8-9,11,15H,1-7H2,(H,16,19)(H,17,18). The van der Waals surface area contributed by atoms with Gasteiger partial charge in [-0.3, -0.25) is 10.1 Å². The Bertz CT molecular complexity index is 501. The summed E-state index contributed by atoms with van der Waals surface area (Å²) in [6.45, 7) is 1.59. The third-order valence-corrected chi connectivity index (χ3v) is 5.00. The van der Waals surface area contributed by atoms with E-state index >= 15 is 0 Å². The lowest BCUT2D eigenvalue weighted by atomic mass is 10.00. The van der Waals surface area contributed by atoms with Gasteiger partial charge in [0.2, 0.25) is 5.91 Å². The zero-order valence-electron chi connectivity index (χ0n) is 11.0. The van der Waals surface area contributed by atoms with Crippen molar-refractivity contribution in [2.24, 2.45) is 11.3 Å². The second kappa shape index (κ2) is 4.07. The number of carbonyl (C=O) groups excluding carboxylic acids is 1. The Morgan fingerprint density at radius 1 is 1.47 bits per heavy atom. The lowest BCUT2D eigenvalue weighted by Crippen LogP contribution is -2.49. The molecule has 0 bridgehead atoms. The maximum Gasteiger partial charge on any atom is 0.237 e. The van der Waals surface area contributed by atoms with E-state index in [1.165, 1.54) is 25.7 Å². The van der Waals surface area contributed by atoms with Crippen LogP contribution < -0.4 is 10.6 Å². The molecular formula is C14H20N4O. The van der Waals surface area contributed by atoms with Crippen LogP contribution in [-0.4, -0.2) is 28.5 Å². The number of hydrogen-bond donors (Lipinski definition) is 3. The van der Waals surface area contributed by atoms with Gasteiger partial charge in [-0.05, 0) is 37.0 Å². The van der Waals surface area contributed by atoms with E-state index in [1.807, 2.05) is 0 Å². The largest absolute Gasteiger partial charge is 0.354 e. The van der Waals surface area contributed by atoms with Crippen molar-refractivity contribution in [3.05, 3.63) is 17.7 Å². The number of nitrogens with one attached hydrogen (secondary N) is 3. The van der Waals surface area contributed by atoms with Crippen LogP contribution in [0.4, 0.5) is 0 Å². The monoisotopic (exact) mass is 260 g/mol. The SMILES string of the molecule is O=C(NCC1(C2CC2)CC1)C1Cc2nc[nH]c2CN1. The summed E-state index contributed by atoms with van der Waals surface area (Å²) in [5.74, 6) is 1.03. The number of hydrogen-bond acceptors (Lipinski definition) is 3. The average molecular weight is 260 g/mol. The van der Waals surface area contributed by atoms with Gasteiger partial charge >= 0.3 is 0 Å². The van der Waals surface area contributed by atoms with Crippen molar-refractivity contribution in [1.29, 1.82) is 0 Å². The highest BCUT2D eigenvalue weighted by molar-refractivity contribution is 5.82. The minimum Gasteiger partial charge on any atom is -0.354 e. The quantitative estimate of drug-likeness (QED) is 0.747. The normalized spacial score (nSPS) is 27.7. The van der Waals surface area contributed by atoms with Crippen LogP contribution in [0.2, 0.25) is 0 Å². The van der Waals surface area contributed by atoms with Crippen LogP contribution in [0.15, 0.2) is 6.33 Å². The first-order valence-corrected chi connectivity index (χ1v) is 7.29. The van der Waals surface area contributed by atoms with Crippen molar-refractivity contribution in [2.75, 3.05) is 6.54 Å². The first-order valence-electron chi connectivity index (χ1n) is 7.29. The summed E-state index contributed by atoms with van der Waals surface area (Å²) >= 11 is 0. The molecule has 1 aromatic heterocycles. The summed E-state index contributed by atoms with van der Waals surface area (Å²) in [4.78, 5) is 19.6. The summed E-state index contributed by atoms with van der Waals surface area (Å²) in [5.41, 5.74) is 2.62. The van der Waals surface area contributed by atoms with Crippen molar-refractivity contribution in [1.82, 2.24) is 20.6 Å². The molecular weight excluding hydrogens is 240 g/mol. The maximum atomic E-state index is 12.2. The van der Waals surface area contributed by atoms with E-state index in [0.29, 0.717) is 18.4 Å². The Labute approximate surface area is 112 Å². The topological polar surface area (TPSA) is 69.8 Å². The van der Waals surface area contributed by atoms with Crippen LogP contribution in [-0.2, 0) is 17.8 Å². The molecule has 2 fully saturated rings. The molecule has 0 spiro atoms. The van der Waals surface area contributed by atoms with Gasteiger partial charge in [0.1, 0.15) is 0 Å². The van der Waals surface area contributed by atoms with E-state index < -0.39 is 0 Å². The molecule has 1 unspecified atom stereocenters. The van der Waals surface area contributed by atoms with Gasteiger partial charge in [0, 0.05) is 19.5 Å². The van der Waals surface area contributed by atoms with Gasteiger partial charge < -0.3 is 10.3 Å². The molecule has 3 aliphatic rings. The van der Waals surface area contributed by atoms with E-state index in [-0.39, 0.29) is 11.9 Å². The van der Waals surface area contributed by atoms with Gasteiger partial charge in [0.25, 0.3) is 0 Å². The molecule has 102 valence electrons. The van der Waals surface area contributed by atoms with Crippen molar-refractivity contribution in [3.63, 3.8) is 0 Å². The van der Waals surface area contributed by atoms with E-state index in [2.05, 4.69) is 20.6 Å². The number of imidazole rings is 1. The lowest BCUT2D eigenvalue weighted by molar-refractivity contribution is -0.123. The molecule has 2 aliphatic carbocycles. The molecule has 0 radical (unpaired) electrons. The van der Waals surface area contributed by atoms with Crippen molar-refractivity contribution in [3.8, 4) is 0 Å². The first kappa shape index (κ1) is 11.5. The number of amides is 1. The van der Waals surface area contributed by atoms with Crippen LogP contribution in [0, 0.1) is 11.3 Å². The van der Waals surface area contributed by atoms with Crippen LogP contribution >= 0.6 is 0 Å². The Kier molecular flexibility index (Phi) is 2.45. The molecule has 0 saturated heterocycles. The van der Waals surface area contributed by atoms with Gasteiger partial charge in [-0.15, -0.1) is 0 Å². The molecule has 5 nitrogen and oxygen atoms in total. The van der Waals surface area contributed by atoms with Gasteiger partial charge in [-0.2, -0.15) is 0 Å². The molecule has 1 aliphatic heterocycles. The first-order chi connectivity index (χ1) is 9.27. The zero-order valence-corrected chi connectivity index (χ0v) is 11.0. The highest BCUT2D eigenvalue weighted by Crippen LogP contribution is 2.60. The van der Waals surface area contributed by atoms with E-state index in [4.69, 9.17) is 0 Å². The molecule has 2 saturated carbocycles. The smallest absolute Gasteiger partial charge is 0.237 e. The molecule has 19 heavy (non-hydrogen) atoms. The number of nitrogens with zero attached hydrogens (tertiary/aromatic N) is 1. The van der Waals surface area contributed by atoms with Gasteiger partial charge in [0.05, 0.1) is 23.8 Å². The maximum absolute atomic E-state index is 12.2. The minimum absolute atomic E-state index is 0.120. The number of rotatable bonds is 4. The van der Waals surface area contributed by atoms with Gasteiger partial charge in [-0.25, -0.2) is 4.98 Å². The number of aromatic amines is 1. The Hall–Kier alpha value is -1.36. The fourth-order valence-electron chi connectivity index (χ4n) is 3.33.